The Bertz CT molecular complexity index is 5130. The van der Waals surface area contributed by atoms with Crippen LogP contribution in [-0.2, 0) is 6.42 Å². The Morgan fingerprint density at radius 2 is 0.589 bits per heavy atom. The number of hydrogen-bond acceptors (Lipinski definition) is 3. The van der Waals surface area contributed by atoms with Crippen molar-refractivity contribution in [2.75, 3.05) is 0 Å². The molecule has 0 amide bonds. The van der Waals surface area contributed by atoms with Gasteiger partial charge < -0.3 is 19.9 Å². The lowest BCUT2D eigenvalue weighted by molar-refractivity contribution is 0.112. The summed E-state index contributed by atoms with van der Waals surface area (Å²) in [5.41, 5.74) is 25.2. The first-order valence-electron chi connectivity index (χ1n) is 49.7. The zero-order chi connectivity index (χ0) is 85.6. The molecular formula is C114H146N6OSi3. The lowest BCUT2D eigenvalue weighted by Crippen LogP contribution is -2.55. The van der Waals surface area contributed by atoms with E-state index in [9.17, 15) is 4.79 Å². The van der Waals surface area contributed by atoms with E-state index in [1.54, 1.807) is 31.1 Å². The Morgan fingerprint density at radius 3 is 0.911 bits per heavy atom. The fraction of sp³-hybridized carbons (Fsp3) is 0.430. The van der Waals surface area contributed by atoms with Gasteiger partial charge in [0.25, 0.3) is 0 Å². The van der Waals surface area contributed by atoms with Gasteiger partial charge in [-0.2, -0.15) is 0 Å². The van der Waals surface area contributed by atoms with Gasteiger partial charge in [-0.1, -0.05) is 400 Å². The highest BCUT2D eigenvalue weighted by Crippen LogP contribution is 2.43. The van der Waals surface area contributed by atoms with Gasteiger partial charge in [0.2, 0.25) is 0 Å². The molecule has 0 atom stereocenters. The predicted octanol–water partition coefficient (Wildman–Crippen LogP) is 30.2. The summed E-state index contributed by atoms with van der Waals surface area (Å²) in [6.45, 7) is 13.9. The lowest BCUT2D eigenvalue weighted by atomic mass is 9.99. The van der Waals surface area contributed by atoms with Crippen molar-refractivity contribution in [1.29, 1.82) is 0 Å². The number of nitrogens with one attached hydrogen (secondary N) is 4. The number of nitrogens with zero attached hydrogens (tertiary/aromatic N) is 2. The number of hydrogen-bond donors (Lipinski definition) is 4. The van der Waals surface area contributed by atoms with Crippen LogP contribution in [0.25, 0.3) is 102 Å². The molecule has 10 heteroatoms. The molecule has 6 aromatic carbocycles. The third kappa shape index (κ3) is 22.1. The highest BCUT2D eigenvalue weighted by atomic mass is 28.3. The first-order chi connectivity index (χ1) is 61.2. The minimum absolute atomic E-state index is 0.856. The van der Waals surface area contributed by atoms with Crippen molar-refractivity contribution in [3.8, 4) is 55.6 Å². The summed E-state index contributed by atoms with van der Waals surface area (Å²) in [6, 6.07) is 79.7. The lowest BCUT2D eigenvalue weighted by Gasteiger charge is -2.31. The quantitative estimate of drug-likeness (QED) is 0.0173. The van der Waals surface area contributed by atoms with E-state index in [0.29, 0.717) is 0 Å². The summed E-state index contributed by atoms with van der Waals surface area (Å²) in [5.74, 6) is 0. The molecule has 8 bridgehead atoms. The number of aromatic amines is 4. The molecule has 4 N–H and O–H groups in total. The normalized spacial score (nSPS) is 13.7. The number of unbranched alkanes of at least 4 members (excludes halogenated alkanes) is 30. The Morgan fingerprint density at radius 1 is 0.282 bits per heavy atom. The van der Waals surface area contributed by atoms with Gasteiger partial charge in [0.1, 0.15) is 30.5 Å². The van der Waals surface area contributed by atoms with Crippen LogP contribution in [-0.4, -0.2) is 60.4 Å². The van der Waals surface area contributed by atoms with Gasteiger partial charge in [-0.15, -0.1) is 0 Å². The van der Waals surface area contributed by atoms with Gasteiger partial charge in [-0.05, 0) is 197 Å². The average molecular weight is 1700 g/mol. The van der Waals surface area contributed by atoms with E-state index in [1.807, 2.05) is 30.6 Å². The number of rotatable bonds is 47. The molecule has 5 aliphatic heterocycles. The second-order valence-electron chi connectivity index (χ2n) is 37.2. The van der Waals surface area contributed by atoms with E-state index in [1.165, 1.54) is 323 Å². The van der Waals surface area contributed by atoms with Gasteiger partial charge in [-0.3, -0.25) is 4.79 Å². The SMILES string of the molecule is CCCCCCCC[Si]1(CCCCCCCC)c2ccccc2-c2ccc(-c3c4nc(cc5ccc([nH]5)c(-c5ccc6c(c5)[Si](CCCCCCCC)(CCCCCCCC)c5ccccc5-6)c5nc(cc6ccc3[nH]6)C=C5)C=C4)cc21.CCCCCCCC[Si]1(CCCCCCCC)c2ccccc2-c2ccc(C=O)cc21.c1c[nH]c(Cc2ccc[nH]2)c1. The third-order valence-corrected chi connectivity index (χ3v) is 44.4. The zero-order valence-corrected chi connectivity index (χ0v) is 79.6. The number of aromatic nitrogens is 6. The van der Waals surface area contributed by atoms with E-state index in [2.05, 4.69) is 256 Å². The molecule has 0 unspecified atom stereocenters. The summed E-state index contributed by atoms with van der Waals surface area (Å²) in [7, 11) is -6.05. The van der Waals surface area contributed by atoms with Crippen molar-refractivity contribution in [2.24, 2.45) is 0 Å². The molecule has 5 aliphatic rings. The van der Waals surface area contributed by atoms with Crippen molar-refractivity contribution >= 4 is 108 Å². The van der Waals surface area contributed by atoms with Crippen LogP contribution in [0, 0.1) is 0 Å². The maximum atomic E-state index is 11.6. The van der Waals surface area contributed by atoms with Gasteiger partial charge in [0.05, 0.1) is 22.8 Å². The smallest absolute Gasteiger partial charge is 0.150 e. The van der Waals surface area contributed by atoms with E-state index < -0.39 is 24.2 Å². The van der Waals surface area contributed by atoms with Crippen LogP contribution in [0.15, 0.2) is 200 Å². The van der Waals surface area contributed by atoms with Crippen LogP contribution in [0.3, 0.4) is 0 Å². The molecule has 0 aliphatic carbocycles. The van der Waals surface area contributed by atoms with Crippen LogP contribution in [0.1, 0.15) is 317 Å². The van der Waals surface area contributed by atoms with Gasteiger partial charge in [0.15, 0.2) is 0 Å². The predicted molar refractivity (Wildman–Crippen MR) is 546 cm³/mol. The summed E-state index contributed by atoms with van der Waals surface area (Å²) >= 11 is 0. The standard InChI is InChI=1S/C76H94N4Si2.C29H42OSi.C9H10N2/c1-5-9-13-17-21-29-49-81(50-30-22-18-14-10-6-2)71-35-27-25-33-63(71)65-43-37-57(53-73(65)81)75-67-45-39-59(77-67)55-61-41-47-69(79-61)76(70-48-42-62(80-70)56-60-40-46-68(75)78-60)58-38-44-66-64-34-26-28-36-72(64)82(74(66)54-58,51-31-23-19-15-11-7-3)52-32-24-20-16-12-8-4;1-3-5-7-9-11-15-21-31(22-16-12-10-8-6-4-2)28-18-14-13-17-26(28)27-20-19-25(24-30)23-29(27)31;1-3-8(10-5-1)7-9-4-2-6-11-9/h25-28,33-48,53-56,77,80H,5-24,29-32,49-52H2,1-4H3;13-14,17-20,23-24H,3-12,15-16,21-22H2,1-2H3;1-6,10-11H,7H2. The Balaban J connectivity index is 0.000000242. The van der Waals surface area contributed by atoms with E-state index in [0.717, 1.165) is 74.2 Å². The second-order valence-corrected chi connectivity index (χ2v) is 49.9. The number of carbonyl (C=O) groups is 1. The number of H-pyrrole nitrogens is 4. The van der Waals surface area contributed by atoms with Crippen molar-refractivity contribution in [1.82, 2.24) is 29.9 Å². The second kappa shape index (κ2) is 46.3. The Kier molecular flexibility index (Phi) is 34.0. The number of fused-ring (bicyclic) bond motifs is 17. The molecule has 0 saturated heterocycles. The monoisotopic (exact) mass is 1700 g/mol. The Labute approximate surface area is 748 Å². The highest BCUT2D eigenvalue weighted by Gasteiger charge is 2.47. The van der Waals surface area contributed by atoms with Gasteiger partial charge in [0, 0.05) is 69.0 Å². The minimum atomic E-state index is -2.11. The molecule has 11 aromatic rings. The molecule has 16 rings (SSSR count). The number of aldehydes is 1. The van der Waals surface area contributed by atoms with Crippen LogP contribution < -0.4 is 31.1 Å². The summed E-state index contributed by atoms with van der Waals surface area (Å²) in [6.07, 6.45) is 63.1. The van der Waals surface area contributed by atoms with E-state index in [4.69, 9.17) is 9.97 Å². The molecule has 7 nitrogen and oxygen atoms in total. The van der Waals surface area contributed by atoms with Crippen molar-refractivity contribution in [3.63, 3.8) is 0 Å². The molecule has 5 aromatic heterocycles. The maximum Gasteiger partial charge on any atom is 0.150 e. The molecular weight excluding hydrogens is 1550 g/mol. The van der Waals surface area contributed by atoms with Crippen molar-refractivity contribution in [3.05, 3.63) is 240 Å². The maximum absolute atomic E-state index is 11.6. The summed E-state index contributed by atoms with van der Waals surface area (Å²) in [4.78, 5) is 36.8. The van der Waals surface area contributed by atoms with Crippen LogP contribution in [0.4, 0.5) is 0 Å². The largest absolute Gasteiger partial charge is 0.365 e. The Hall–Kier alpha value is -9.20. The average Bonchev–Trinajstić information content (AvgIpc) is 1.57. The number of benzene rings is 6. The van der Waals surface area contributed by atoms with Crippen molar-refractivity contribution in [2.45, 2.75) is 315 Å². The third-order valence-electron chi connectivity index (χ3n) is 28.4. The van der Waals surface area contributed by atoms with Crippen molar-refractivity contribution < 1.29 is 4.79 Å². The van der Waals surface area contributed by atoms with Crippen LogP contribution in [0.2, 0.25) is 36.3 Å². The van der Waals surface area contributed by atoms with Crippen LogP contribution in [0.5, 0.6) is 0 Å². The fourth-order valence-electron chi connectivity index (χ4n) is 21.8. The first kappa shape index (κ1) is 91.0. The van der Waals surface area contributed by atoms with Crippen LogP contribution >= 0.6 is 0 Å². The number of carbonyl (C=O) groups excluding carboxylic acids is 1. The molecule has 124 heavy (non-hydrogen) atoms. The molecule has 0 fully saturated rings. The topological polar surface area (TPSA) is 106 Å². The molecule has 0 spiro atoms. The molecule has 10 heterocycles. The summed E-state index contributed by atoms with van der Waals surface area (Å²) in [5, 5.41) is 9.88. The first-order valence-corrected chi connectivity index (χ1v) is 57.0. The van der Waals surface area contributed by atoms with Gasteiger partial charge in [-0.25, -0.2) is 9.97 Å². The van der Waals surface area contributed by atoms with E-state index in [-0.39, 0.29) is 0 Å². The fourth-order valence-corrected chi connectivity index (χ4v) is 38.8. The zero-order valence-electron chi connectivity index (χ0n) is 76.6. The van der Waals surface area contributed by atoms with Gasteiger partial charge >= 0.3 is 0 Å². The summed E-state index contributed by atoms with van der Waals surface area (Å²) < 4.78 is 0. The molecule has 0 radical (unpaired) electrons. The molecule has 0 saturated carbocycles. The highest BCUT2D eigenvalue weighted by molar-refractivity contribution is 7.07. The van der Waals surface area contributed by atoms with E-state index >= 15 is 0 Å². The minimum Gasteiger partial charge on any atom is -0.365 e. The molecule has 650 valence electrons.